The van der Waals surface area contributed by atoms with Crippen LogP contribution >= 0.6 is 11.3 Å². The summed E-state index contributed by atoms with van der Waals surface area (Å²) in [5.41, 5.74) is 7.49. The Balaban J connectivity index is 1.50. The van der Waals surface area contributed by atoms with Crippen LogP contribution in [0.15, 0.2) is 48.5 Å². The molecule has 1 aliphatic rings. The second kappa shape index (κ2) is 8.22. The van der Waals surface area contributed by atoms with Crippen molar-refractivity contribution in [2.75, 3.05) is 25.4 Å². The van der Waals surface area contributed by atoms with Gasteiger partial charge < -0.3 is 10.6 Å². The topological polar surface area (TPSA) is 103 Å². The Kier molecular flexibility index (Phi) is 5.48. The first-order valence-electron chi connectivity index (χ1n) is 9.68. The third-order valence-corrected chi connectivity index (χ3v) is 6.24. The van der Waals surface area contributed by atoms with E-state index < -0.39 is 6.04 Å². The van der Waals surface area contributed by atoms with Gasteiger partial charge in [-0.05, 0) is 37.3 Å². The predicted octanol–water partition coefficient (Wildman–Crippen LogP) is 2.80. The molecule has 0 bridgehead atoms. The van der Waals surface area contributed by atoms with Crippen molar-refractivity contribution < 1.29 is 9.59 Å². The molecule has 0 spiro atoms. The normalized spacial score (nSPS) is 18.1. The SMILES string of the molecule is C[C@@H]1CN(C(=O)c2ccccc2)CCN1C(C#N)C(=O)c1ccc2sc(N)nc2c1. The van der Waals surface area contributed by atoms with Gasteiger partial charge in [-0.2, -0.15) is 5.26 Å². The van der Waals surface area contributed by atoms with E-state index >= 15 is 0 Å². The van der Waals surface area contributed by atoms with Gasteiger partial charge in [-0.15, -0.1) is 0 Å². The smallest absolute Gasteiger partial charge is 0.253 e. The number of piperazine rings is 1. The third-order valence-electron chi connectivity index (χ3n) is 5.38. The van der Waals surface area contributed by atoms with E-state index in [0.717, 1.165) is 4.70 Å². The molecule has 2 atom stereocenters. The summed E-state index contributed by atoms with van der Waals surface area (Å²) < 4.78 is 0.902. The first-order chi connectivity index (χ1) is 14.5. The number of Topliss-reactive ketones (excluding diaryl/α,β-unsaturated/α-hetero) is 1. The van der Waals surface area contributed by atoms with Crippen molar-refractivity contribution in [3.05, 3.63) is 59.7 Å². The van der Waals surface area contributed by atoms with E-state index in [1.54, 1.807) is 29.2 Å². The molecular formula is C22H21N5O2S. The van der Waals surface area contributed by atoms with Gasteiger partial charge in [0.2, 0.25) is 0 Å². The maximum atomic E-state index is 13.1. The molecule has 1 amide bonds. The molecule has 1 unspecified atom stereocenters. The number of thiazole rings is 1. The lowest BCUT2D eigenvalue weighted by atomic mass is 10.0. The molecular weight excluding hydrogens is 398 g/mol. The van der Waals surface area contributed by atoms with Crippen LogP contribution in [0.25, 0.3) is 10.2 Å². The molecule has 30 heavy (non-hydrogen) atoms. The molecule has 3 aromatic rings. The quantitative estimate of drug-likeness (QED) is 0.652. The van der Waals surface area contributed by atoms with E-state index in [2.05, 4.69) is 11.1 Å². The first kappa shape index (κ1) is 20.0. The van der Waals surface area contributed by atoms with Crippen LogP contribution in [0.2, 0.25) is 0 Å². The van der Waals surface area contributed by atoms with Crippen molar-refractivity contribution >= 4 is 38.4 Å². The highest BCUT2D eigenvalue weighted by Crippen LogP contribution is 2.26. The minimum atomic E-state index is -0.914. The number of nitrogens with zero attached hydrogens (tertiary/aromatic N) is 4. The van der Waals surface area contributed by atoms with E-state index in [1.165, 1.54) is 11.3 Å². The van der Waals surface area contributed by atoms with Crippen molar-refractivity contribution in [3.8, 4) is 6.07 Å². The number of hydrogen-bond donors (Lipinski definition) is 1. The van der Waals surface area contributed by atoms with E-state index in [4.69, 9.17) is 5.73 Å². The number of hydrogen-bond acceptors (Lipinski definition) is 7. The largest absolute Gasteiger partial charge is 0.375 e. The Morgan fingerprint density at radius 2 is 1.97 bits per heavy atom. The lowest BCUT2D eigenvalue weighted by Crippen LogP contribution is -2.58. The van der Waals surface area contributed by atoms with Gasteiger partial charge in [-0.3, -0.25) is 14.5 Å². The van der Waals surface area contributed by atoms with E-state index in [-0.39, 0.29) is 17.7 Å². The molecule has 2 aromatic carbocycles. The minimum Gasteiger partial charge on any atom is -0.375 e. The third kappa shape index (κ3) is 3.77. The second-order valence-corrected chi connectivity index (χ2v) is 8.40. The van der Waals surface area contributed by atoms with Crippen molar-refractivity contribution in [2.24, 2.45) is 0 Å². The zero-order chi connectivity index (χ0) is 21.3. The van der Waals surface area contributed by atoms with Gasteiger partial charge in [0.1, 0.15) is 0 Å². The van der Waals surface area contributed by atoms with Crippen molar-refractivity contribution in [1.82, 2.24) is 14.8 Å². The zero-order valence-corrected chi connectivity index (χ0v) is 17.3. The summed E-state index contributed by atoms with van der Waals surface area (Å²) in [6.07, 6.45) is 0. The molecule has 1 fully saturated rings. The maximum absolute atomic E-state index is 13.1. The van der Waals surface area contributed by atoms with Crippen LogP contribution in [-0.4, -0.2) is 58.2 Å². The van der Waals surface area contributed by atoms with Gasteiger partial charge in [0.15, 0.2) is 17.0 Å². The molecule has 1 saturated heterocycles. The van der Waals surface area contributed by atoms with Gasteiger partial charge in [0.05, 0.1) is 16.3 Å². The summed E-state index contributed by atoms with van der Waals surface area (Å²) in [4.78, 5) is 33.7. The molecule has 1 aliphatic heterocycles. The number of nitrogen functional groups attached to an aromatic ring is 1. The molecule has 1 aromatic heterocycles. The fourth-order valence-electron chi connectivity index (χ4n) is 3.84. The van der Waals surface area contributed by atoms with Crippen LogP contribution in [0.1, 0.15) is 27.6 Å². The van der Waals surface area contributed by atoms with Crippen LogP contribution in [0.3, 0.4) is 0 Å². The molecule has 4 rings (SSSR count). The highest BCUT2D eigenvalue weighted by atomic mass is 32.1. The van der Waals surface area contributed by atoms with Crippen LogP contribution in [0.5, 0.6) is 0 Å². The number of nitrogens with two attached hydrogens (primary N) is 1. The van der Waals surface area contributed by atoms with Gasteiger partial charge >= 0.3 is 0 Å². The molecule has 2 heterocycles. The van der Waals surface area contributed by atoms with Gasteiger partial charge in [0, 0.05) is 36.8 Å². The Morgan fingerprint density at radius 1 is 1.20 bits per heavy atom. The number of nitriles is 1. The molecule has 0 radical (unpaired) electrons. The molecule has 0 aliphatic carbocycles. The Morgan fingerprint density at radius 3 is 2.67 bits per heavy atom. The monoisotopic (exact) mass is 419 g/mol. The average molecular weight is 420 g/mol. The van der Waals surface area contributed by atoms with Crippen LogP contribution in [-0.2, 0) is 0 Å². The number of amides is 1. The van der Waals surface area contributed by atoms with Gasteiger partial charge in [-0.1, -0.05) is 29.5 Å². The number of fused-ring (bicyclic) bond motifs is 1. The van der Waals surface area contributed by atoms with Crippen LogP contribution < -0.4 is 5.73 Å². The lowest BCUT2D eigenvalue weighted by molar-refractivity contribution is 0.0429. The molecule has 7 nitrogen and oxygen atoms in total. The van der Waals surface area contributed by atoms with E-state index in [9.17, 15) is 14.9 Å². The van der Waals surface area contributed by atoms with Crippen LogP contribution in [0, 0.1) is 11.3 Å². The summed E-state index contributed by atoms with van der Waals surface area (Å²) in [7, 11) is 0. The van der Waals surface area contributed by atoms with E-state index in [1.807, 2.05) is 36.1 Å². The van der Waals surface area contributed by atoms with Crippen LogP contribution in [0.4, 0.5) is 5.13 Å². The fourth-order valence-corrected chi connectivity index (χ4v) is 4.56. The van der Waals surface area contributed by atoms with Gasteiger partial charge in [0.25, 0.3) is 5.91 Å². The number of carbonyl (C=O) groups is 2. The number of aromatic nitrogens is 1. The number of benzene rings is 2. The number of ketones is 1. The highest BCUT2D eigenvalue weighted by molar-refractivity contribution is 7.22. The summed E-state index contributed by atoms with van der Waals surface area (Å²) in [5.74, 6) is -0.297. The van der Waals surface area contributed by atoms with Crippen molar-refractivity contribution in [3.63, 3.8) is 0 Å². The lowest BCUT2D eigenvalue weighted by Gasteiger charge is -2.41. The summed E-state index contributed by atoms with van der Waals surface area (Å²) in [5, 5.41) is 10.2. The number of rotatable bonds is 4. The van der Waals surface area contributed by atoms with Crippen molar-refractivity contribution in [1.29, 1.82) is 5.26 Å². The average Bonchev–Trinajstić information content (AvgIpc) is 3.14. The standard InChI is InChI=1S/C22H21N5O2S/c1-14-13-26(21(29)15-5-3-2-4-6-15)9-10-27(14)18(12-23)20(28)16-7-8-19-17(11-16)25-22(24)30-19/h2-8,11,14,18H,9-10,13H2,1H3,(H2,24,25)/t14-,18?/m1/s1. The predicted molar refractivity (Wildman–Crippen MR) is 116 cm³/mol. The molecule has 152 valence electrons. The molecule has 2 N–H and O–H groups in total. The summed E-state index contributed by atoms with van der Waals surface area (Å²) >= 11 is 1.36. The van der Waals surface area contributed by atoms with Crippen molar-refractivity contribution in [2.45, 2.75) is 19.0 Å². The Bertz CT molecular complexity index is 1140. The zero-order valence-electron chi connectivity index (χ0n) is 16.5. The highest BCUT2D eigenvalue weighted by Gasteiger charge is 2.35. The Hall–Kier alpha value is -3.28. The number of carbonyl (C=O) groups excluding carboxylic acids is 2. The molecule has 8 heteroatoms. The maximum Gasteiger partial charge on any atom is 0.253 e. The van der Waals surface area contributed by atoms with E-state index in [0.29, 0.717) is 41.4 Å². The fraction of sp³-hybridized carbons (Fsp3) is 0.273. The minimum absolute atomic E-state index is 0.0338. The second-order valence-electron chi connectivity index (χ2n) is 7.33. The Labute approximate surface area is 178 Å². The van der Waals surface area contributed by atoms with Gasteiger partial charge in [-0.25, -0.2) is 4.98 Å². The molecule has 0 saturated carbocycles. The number of anilines is 1. The summed E-state index contributed by atoms with van der Waals surface area (Å²) in [6, 6.07) is 15.5. The summed E-state index contributed by atoms with van der Waals surface area (Å²) in [6.45, 7) is 3.31. The first-order valence-corrected chi connectivity index (χ1v) is 10.5.